The molecular formula is C28H38FN3O3. The van der Waals surface area contributed by atoms with E-state index in [1.165, 1.54) is 18.6 Å². The number of halogens is 1. The number of benzene rings is 1. The van der Waals surface area contributed by atoms with Crippen molar-refractivity contribution in [3.63, 3.8) is 0 Å². The van der Waals surface area contributed by atoms with E-state index in [-0.39, 0.29) is 28.8 Å². The SMILES string of the molecule is CC(=O)N[C@@H](Cc1ccc(F)c(C)c1)[C@@H](O)CN[C@H]1CC2(CC2)Oc2ncc(CC(C)(C)C)cc21. The molecule has 1 aromatic carbocycles. The van der Waals surface area contributed by atoms with E-state index >= 15 is 0 Å². The standard InChI is InChI=1S/C28H38FN3O3/c1-17-10-19(6-7-22(17)29)12-23(32-18(2)33)25(34)16-30-24-14-28(8-9-28)35-26-21(24)11-20(15-31-26)13-27(3,4)5/h6-7,10-11,15,23-25,30,34H,8-9,12-14,16H2,1-5H3,(H,32,33)/t23-,24-,25-/m0/s1. The van der Waals surface area contributed by atoms with Crippen LogP contribution in [0.1, 0.15) is 75.3 Å². The zero-order valence-electron chi connectivity index (χ0n) is 21.5. The smallest absolute Gasteiger partial charge is 0.218 e. The number of aliphatic hydroxyl groups is 1. The molecule has 2 heterocycles. The van der Waals surface area contributed by atoms with Gasteiger partial charge in [-0.3, -0.25) is 4.79 Å². The van der Waals surface area contributed by atoms with E-state index in [1.54, 1.807) is 19.1 Å². The number of ether oxygens (including phenoxy) is 1. The summed E-state index contributed by atoms with van der Waals surface area (Å²) in [6.07, 6.45) is 5.26. The molecule has 35 heavy (non-hydrogen) atoms. The summed E-state index contributed by atoms with van der Waals surface area (Å²) in [6, 6.07) is 6.58. The molecule has 3 N–H and O–H groups in total. The Morgan fingerprint density at radius 2 is 2.03 bits per heavy atom. The average Bonchev–Trinajstić information content (AvgIpc) is 3.51. The Labute approximate surface area is 207 Å². The molecule has 0 bridgehead atoms. The van der Waals surface area contributed by atoms with E-state index in [2.05, 4.69) is 42.5 Å². The summed E-state index contributed by atoms with van der Waals surface area (Å²) in [5, 5.41) is 17.5. The zero-order valence-corrected chi connectivity index (χ0v) is 21.5. The molecule has 2 aliphatic rings. The first-order chi connectivity index (χ1) is 16.4. The highest BCUT2D eigenvalue weighted by molar-refractivity contribution is 5.73. The van der Waals surface area contributed by atoms with Crippen molar-refractivity contribution in [2.75, 3.05) is 6.54 Å². The first-order valence-electron chi connectivity index (χ1n) is 12.5. The van der Waals surface area contributed by atoms with E-state index in [1.807, 2.05) is 6.20 Å². The van der Waals surface area contributed by atoms with Crippen molar-refractivity contribution in [2.45, 2.75) is 90.5 Å². The van der Waals surface area contributed by atoms with Crippen LogP contribution < -0.4 is 15.4 Å². The van der Waals surface area contributed by atoms with Gasteiger partial charge in [0.1, 0.15) is 11.4 Å². The van der Waals surface area contributed by atoms with Gasteiger partial charge in [0.2, 0.25) is 11.8 Å². The number of carbonyl (C=O) groups is 1. The Balaban J connectivity index is 1.48. The van der Waals surface area contributed by atoms with E-state index < -0.39 is 12.1 Å². The fourth-order valence-corrected chi connectivity index (χ4v) is 4.95. The van der Waals surface area contributed by atoms with Gasteiger partial charge in [0.15, 0.2) is 0 Å². The number of rotatable bonds is 8. The molecule has 2 aromatic rings. The Morgan fingerprint density at radius 3 is 2.66 bits per heavy atom. The van der Waals surface area contributed by atoms with Gasteiger partial charge in [-0.25, -0.2) is 9.37 Å². The largest absolute Gasteiger partial charge is 0.471 e. The Bertz CT molecular complexity index is 1080. The predicted octanol–water partition coefficient (Wildman–Crippen LogP) is 4.17. The minimum absolute atomic E-state index is 0.00867. The molecule has 0 unspecified atom stereocenters. The highest BCUT2D eigenvalue weighted by atomic mass is 19.1. The monoisotopic (exact) mass is 483 g/mol. The van der Waals surface area contributed by atoms with Gasteiger partial charge in [-0.05, 0) is 66.8 Å². The van der Waals surface area contributed by atoms with Crippen LogP contribution in [-0.4, -0.2) is 40.3 Å². The van der Waals surface area contributed by atoms with Crippen molar-refractivity contribution in [1.82, 2.24) is 15.6 Å². The van der Waals surface area contributed by atoms with E-state index in [9.17, 15) is 14.3 Å². The minimum atomic E-state index is -0.823. The van der Waals surface area contributed by atoms with Crippen LogP contribution in [0.25, 0.3) is 0 Å². The maximum atomic E-state index is 13.7. The number of aromatic nitrogens is 1. The van der Waals surface area contributed by atoms with Crippen LogP contribution in [0.3, 0.4) is 0 Å². The topological polar surface area (TPSA) is 83.5 Å². The van der Waals surface area contributed by atoms with Crippen LogP contribution in [-0.2, 0) is 17.6 Å². The van der Waals surface area contributed by atoms with E-state index in [0.717, 1.165) is 36.8 Å². The van der Waals surface area contributed by atoms with Crippen molar-refractivity contribution in [2.24, 2.45) is 5.41 Å². The lowest BCUT2D eigenvalue weighted by molar-refractivity contribution is -0.120. The second-order valence-corrected chi connectivity index (χ2v) is 11.6. The van der Waals surface area contributed by atoms with Gasteiger partial charge in [0.25, 0.3) is 0 Å². The van der Waals surface area contributed by atoms with Crippen LogP contribution in [0.4, 0.5) is 4.39 Å². The number of nitrogens with zero attached hydrogens (tertiary/aromatic N) is 1. The number of aliphatic hydroxyl groups excluding tert-OH is 1. The van der Waals surface area contributed by atoms with Gasteiger partial charge in [0, 0.05) is 37.7 Å². The summed E-state index contributed by atoms with van der Waals surface area (Å²) in [7, 11) is 0. The lowest BCUT2D eigenvalue weighted by Gasteiger charge is -2.34. The molecule has 1 amide bonds. The molecule has 3 atom stereocenters. The number of pyridine rings is 1. The van der Waals surface area contributed by atoms with Gasteiger partial charge in [-0.15, -0.1) is 0 Å². The second kappa shape index (κ2) is 9.86. The third-order valence-corrected chi connectivity index (χ3v) is 6.85. The quantitative estimate of drug-likeness (QED) is 0.525. The van der Waals surface area contributed by atoms with Crippen LogP contribution in [0.2, 0.25) is 0 Å². The molecule has 0 radical (unpaired) electrons. The molecule has 1 aliphatic heterocycles. The van der Waals surface area contributed by atoms with E-state index in [4.69, 9.17) is 4.74 Å². The number of amides is 1. The fourth-order valence-electron chi connectivity index (χ4n) is 4.95. The molecular weight excluding hydrogens is 445 g/mol. The van der Waals surface area contributed by atoms with Gasteiger partial charge in [-0.2, -0.15) is 0 Å². The predicted molar refractivity (Wildman–Crippen MR) is 134 cm³/mol. The first kappa shape index (κ1) is 25.6. The molecule has 4 rings (SSSR count). The summed E-state index contributed by atoms with van der Waals surface area (Å²) in [5.41, 5.74) is 3.60. The lowest BCUT2D eigenvalue weighted by atomic mass is 9.87. The molecule has 7 heteroatoms. The molecule has 1 aromatic heterocycles. The number of hydrogen-bond donors (Lipinski definition) is 3. The van der Waals surface area contributed by atoms with Gasteiger partial charge < -0.3 is 20.5 Å². The van der Waals surface area contributed by atoms with Crippen LogP contribution in [0.5, 0.6) is 5.88 Å². The van der Waals surface area contributed by atoms with Crippen LogP contribution >= 0.6 is 0 Å². The maximum absolute atomic E-state index is 13.7. The Hall–Kier alpha value is -2.51. The number of fused-ring (bicyclic) bond motifs is 1. The van der Waals surface area contributed by atoms with E-state index in [0.29, 0.717) is 24.4 Å². The molecule has 1 spiro atoms. The summed E-state index contributed by atoms with van der Waals surface area (Å²) < 4.78 is 19.9. The number of nitrogens with one attached hydrogen (secondary N) is 2. The highest BCUT2D eigenvalue weighted by Gasteiger charge is 2.51. The second-order valence-electron chi connectivity index (χ2n) is 11.6. The summed E-state index contributed by atoms with van der Waals surface area (Å²) >= 11 is 0. The molecule has 1 fully saturated rings. The first-order valence-corrected chi connectivity index (χ1v) is 12.5. The lowest BCUT2D eigenvalue weighted by Crippen LogP contribution is -2.49. The van der Waals surface area contributed by atoms with Crippen molar-refractivity contribution in [1.29, 1.82) is 0 Å². The third kappa shape index (κ3) is 6.58. The molecule has 6 nitrogen and oxygen atoms in total. The van der Waals surface area contributed by atoms with Crippen molar-refractivity contribution >= 4 is 5.91 Å². The number of aryl methyl sites for hydroxylation is 1. The van der Waals surface area contributed by atoms with Crippen molar-refractivity contribution < 1.29 is 19.0 Å². The molecule has 190 valence electrons. The number of hydrogen-bond acceptors (Lipinski definition) is 5. The normalized spacial score (nSPS) is 20.0. The molecule has 1 aliphatic carbocycles. The maximum Gasteiger partial charge on any atom is 0.218 e. The zero-order chi connectivity index (χ0) is 25.4. The summed E-state index contributed by atoms with van der Waals surface area (Å²) in [4.78, 5) is 16.5. The Morgan fingerprint density at radius 1 is 1.29 bits per heavy atom. The van der Waals surface area contributed by atoms with Crippen molar-refractivity contribution in [3.8, 4) is 5.88 Å². The van der Waals surface area contributed by atoms with Gasteiger partial charge in [-0.1, -0.05) is 32.9 Å². The summed E-state index contributed by atoms with van der Waals surface area (Å²) in [6.45, 7) is 10.1. The fraction of sp³-hybridized carbons (Fsp3) is 0.571. The highest BCUT2D eigenvalue weighted by Crippen LogP contribution is 2.51. The molecule has 1 saturated carbocycles. The van der Waals surface area contributed by atoms with Gasteiger partial charge in [0.05, 0.1) is 12.1 Å². The minimum Gasteiger partial charge on any atom is -0.471 e. The van der Waals surface area contributed by atoms with Crippen molar-refractivity contribution in [3.05, 3.63) is 58.5 Å². The Kier molecular flexibility index (Phi) is 7.21. The van der Waals surface area contributed by atoms with Crippen LogP contribution in [0.15, 0.2) is 30.5 Å². The third-order valence-electron chi connectivity index (χ3n) is 6.85. The average molecular weight is 484 g/mol. The summed E-state index contributed by atoms with van der Waals surface area (Å²) in [5.74, 6) is 0.203. The molecule has 0 saturated heterocycles. The number of carbonyl (C=O) groups excluding carboxylic acids is 1. The van der Waals surface area contributed by atoms with Gasteiger partial charge >= 0.3 is 0 Å². The van der Waals surface area contributed by atoms with Crippen LogP contribution in [0, 0.1) is 18.2 Å².